The van der Waals surface area contributed by atoms with Crippen molar-refractivity contribution in [3.05, 3.63) is 199 Å². The number of thiophene rings is 1. The molecule has 5 nitrogen and oxygen atoms in total. The Morgan fingerprint density at radius 1 is 0.414 bits per heavy atom. The molecule has 0 N–H and O–H groups in total. The fourth-order valence-corrected chi connectivity index (χ4v) is 9.38. The van der Waals surface area contributed by atoms with E-state index in [1.807, 2.05) is 65.9 Å². The third-order valence-corrected chi connectivity index (χ3v) is 12.1. The number of benzene rings is 8. The molecule has 0 aliphatic carbocycles. The Morgan fingerprint density at radius 2 is 1.00 bits per heavy atom. The molecule has 3 aromatic heterocycles. The van der Waals surface area contributed by atoms with E-state index in [0.717, 1.165) is 50.1 Å². The van der Waals surface area contributed by atoms with Crippen LogP contribution >= 0.6 is 11.3 Å². The highest BCUT2D eigenvalue weighted by Crippen LogP contribution is 2.42. The predicted molar refractivity (Wildman–Crippen MR) is 240 cm³/mol. The molecule has 6 heteroatoms. The molecular weight excluding hydrogens is 727 g/mol. The van der Waals surface area contributed by atoms with Crippen molar-refractivity contribution in [3.63, 3.8) is 0 Å². The van der Waals surface area contributed by atoms with Crippen molar-refractivity contribution >= 4 is 59.0 Å². The van der Waals surface area contributed by atoms with E-state index in [0.29, 0.717) is 23.2 Å². The molecule has 0 saturated heterocycles. The molecule has 0 aliphatic heterocycles. The lowest BCUT2D eigenvalue weighted by Crippen LogP contribution is -2.04. The summed E-state index contributed by atoms with van der Waals surface area (Å²) in [5.74, 6) is 1.78. The van der Waals surface area contributed by atoms with Gasteiger partial charge in [-0.15, -0.1) is 11.3 Å². The second kappa shape index (κ2) is 13.8. The summed E-state index contributed by atoms with van der Waals surface area (Å²) in [6.45, 7) is 7.49. The van der Waals surface area contributed by atoms with Crippen molar-refractivity contribution in [2.75, 3.05) is 0 Å². The van der Waals surface area contributed by atoms with Crippen LogP contribution in [0.4, 0.5) is 5.69 Å². The van der Waals surface area contributed by atoms with Gasteiger partial charge in [0.1, 0.15) is 0 Å². The maximum atomic E-state index is 7.49. The summed E-state index contributed by atoms with van der Waals surface area (Å²) in [6.07, 6.45) is 0. The van der Waals surface area contributed by atoms with Crippen LogP contribution in [-0.2, 0) is 0 Å². The average molecular weight is 758 g/mol. The fourth-order valence-electron chi connectivity index (χ4n) is 8.14. The Bertz CT molecular complexity index is 3360. The van der Waals surface area contributed by atoms with Crippen LogP contribution in [0.15, 0.2) is 188 Å². The lowest BCUT2D eigenvalue weighted by molar-refractivity contribution is 1.06. The number of aromatic nitrogens is 4. The van der Waals surface area contributed by atoms with Gasteiger partial charge < -0.3 is 4.57 Å². The van der Waals surface area contributed by atoms with Gasteiger partial charge in [0.15, 0.2) is 23.2 Å². The van der Waals surface area contributed by atoms with Crippen molar-refractivity contribution in [1.82, 2.24) is 19.5 Å². The van der Waals surface area contributed by atoms with Crippen LogP contribution in [0, 0.1) is 6.57 Å². The average Bonchev–Trinajstić information content (AvgIpc) is 3.85. The van der Waals surface area contributed by atoms with Gasteiger partial charge in [0.25, 0.3) is 0 Å². The van der Waals surface area contributed by atoms with Gasteiger partial charge in [-0.1, -0.05) is 152 Å². The molecule has 0 amide bonds. The van der Waals surface area contributed by atoms with E-state index in [-0.39, 0.29) is 0 Å². The zero-order valence-electron chi connectivity index (χ0n) is 31.0. The lowest BCUT2D eigenvalue weighted by atomic mass is 10.00. The van der Waals surface area contributed by atoms with E-state index in [9.17, 15) is 0 Å². The van der Waals surface area contributed by atoms with Crippen LogP contribution in [0.3, 0.4) is 0 Å². The first-order valence-corrected chi connectivity index (χ1v) is 20.0. The van der Waals surface area contributed by atoms with E-state index in [1.54, 1.807) is 0 Å². The van der Waals surface area contributed by atoms with E-state index < -0.39 is 0 Å². The normalized spacial score (nSPS) is 11.4. The predicted octanol–water partition coefficient (Wildman–Crippen LogP) is 14.2. The summed E-state index contributed by atoms with van der Waals surface area (Å²) >= 11 is 1.83. The molecule has 0 radical (unpaired) electrons. The number of para-hydroxylation sites is 2. The van der Waals surface area contributed by atoms with Crippen molar-refractivity contribution in [2.45, 2.75) is 0 Å². The first kappa shape index (κ1) is 33.6. The molecule has 0 unspecified atom stereocenters. The molecule has 0 aliphatic rings. The van der Waals surface area contributed by atoms with E-state index >= 15 is 0 Å². The van der Waals surface area contributed by atoms with Crippen LogP contribution < -0.4 is 0 Å². The molecule has 0 atom stereocenters. The molecular formula is C52H31N5S. The molecule has 8 aromatic carbocycles. The monoisotopic (exact) mass is 757 g/mol. The molecule has 58 heavy (non-hydrogen) atoms. The molecule has 3 heterocycles. The van der Waals surface area contributed by atoms with Gasteiger partial charge in [-0.3, -0.25) is 0 Å². The minimum Gasteiger partial charge on any atom is -0.308 e. The van der Waals surface area contributed by atoms with Crippen LogP contribution in [0.25, 0.3) is 109 Å². The van der Waals surface area contributed by atoms with Crippen molar-refractivity contribution < 1.29 is 0 Å². The number of nitrogens with zero attached hydrogens (tertiary/aromatic N) is 5. The summed E-state index contributed by atoms with van der Waals surface area (Å²) in [6, 6.07) is 65.2. The molecule has 0 spiro atoms. The minimum atomic E-state index is 0.577. The number of fused-ring (bicyclic) bond motifs is 6. The largest absolute Gasteiger partial charge is 0.308 e. The molecule has 11 aromatic rings. The van der Waals surface area contributed by atoms with Crippen molar-refractivity contribution in [2.24, 2.45) is 0 Å². The zero-order valence-corrected chi connectivity index (χ0v) is 31.9. The SMILES string of the molecule is [C-]#[N+]c1ccc(-c2ccc(-c3nc(-c4ccccc4)nc(-c4cccc(-c5cccc6c5sc5ccccc56)c4)n3)c(-n3c4ccccc4c4ccccc43)c2)cc1. The number of hydrogen-bond donors (Lipinski definition) is 0. The Balaban J connectivity index is 1.14. The van der Waals surface area contributed by atoms with Crippen LogP contribution in [0.5, 0.6) is 0 Å². The molecule has 270 valence electrons. The second-order valence-corrected chi connectivity index (χ2v) is 15.3. The molecule has 0 fully saturated rings. The summed E-state index contributed by atoms with van der Waals surface area (Å²) in [7, 11) is 0. The fraction of sp³-hybridized carbons (Fsp3) is 0. The first-order valence-electron chi connectivity index (χ1n) is 19.1. The van der Waals surface area contributed by atoms with Gasteiger partial charge >= 0.3 is 0 Å². The Hall–Kier alpha value is -7.72. The van der Waals surface area contributed by atoms with E-state index in [4.69, 9.17) is 21.5 Å². The maximum absolute atomic E-state index is 7.49. The topological polar surface area (TPSA) is 48.0 Å². The van der Waals surface area contributed by atoms with Crippen LogP contribution in [-0.4, -0.2) is 19.5 Å². The highest BCUT2D eigenvalue weighted by atomic mass is 32.1. The van der Waals surface area contributed by atoms with Crippen LogP contribution in [0.1, 0.15) is 0 Å². The quantitative estimate of drug-likeness (QED) is 0.159. The smallest absolute Gasteiger partial charge is 0.187 e. The second-order valence-electron chi connectivity index (χ2n) is 14.3. The molecule has 0 bridgehead atoms. The summed E-state index contributed by atoms with van der Waals surface area (Å²) in [4.78, 5) is 19.3. The zero-order chi connectivity index (χ0) is 38.6. The van der Waals surface area contributed by atoms with Crippen molar-refractivity contribution in [3.8, 4) is 62.1 Å². The summed E-state index contributed by atoms with van der Waals surface area (Å²) in [5.41, 5.74) is 10.8. The van der Waals surface area contributed by atoms with Gasteiger partial charge in [-0.05, 0) is 58.7 Å². The van der Waals surface area contributed by atoms with E-state index in [2.05, 4.69) is 143 Å². The van der Waals surface area contributed by atoms with E-state index in [1.165, 1.54) is 36.5 Å². The highest BCUT2D eigenvalue weighted by molar-refractivity contribution is 7.26. The Morgan fingerprint density at radius 3 is 1.76 bits per heavy atom. The standard InChI is InChI=1S/C52H31N5S/c1-53-38-28-25-33(26-29-38)35-27-30-44(47(32-35)57-45-22-8-5-17-40(45)41-18-6-9-23-46(41)57)52-55-50(34-13-3-2-4-14-34)54-51(56-52)37-16-11-15-36(31-37)39-20-12-21-43-42-19-7-10-24-48(42)58-49(39)43/h2-32H. The van der Waals surface area contributed by atoms with Gasteiger partial charge in [0, 0.05) is 47.6 Å². The van der Waals surface area contributed by atoms with Gasteiger partial charge in [0.05, 0.1) is 23.3 Å². The van der Waals surface area contributed by atoms with Gasteiger partial charge in [0.2, 0.25) is 0 Å². The third kappa shape index (κ3) is 5.64. The lowest BCUT2D eigenvalue weighted by Gasteiger charge is -2.16. The number of rotatable bonds is 6. The number of hydrogen-bond acceptors (Lipinski definition) is 4. The summed E-state index contributed by atoms with van der Waals surface area (Å²) in [5, 5.41) is 4.88. The van der Waals surface area contributed by atoms with Crippen molar-refractivity contribution in [1.29, 1.82) is 0 Å². The Labute approximate surface area is 338 Å². The van der Waals surface area contributed by atoms with Gasteiger partial charge in [-0.2, -0.15) is 0 Å². The Kier molecular flexibility index (Phi) is 7.99. The molecule has 0 saturated carbocycles. The maximum Gasteiger partial charge on any atom is 0.187 e. The minimum absolute atomic E-state index is 0.577. The van der Waals surface area contributed by atoms with Gasteiger partial charge in [-0.25, -0.2) is 19.8 Å². The van der Waals surface area contributed by atoms with Crippen LogP contribution in [0.2, 0.25) is 0 Å². The molecule has 11 rings (SSSR count). The highest BCUT2D eigenvalue weighted by Gasteiger charge is 2.21. The summed E-state index contributed by atoms with van der Waals surface area (Å²) < 4.78 is 4.87. The third-order valence-electron chi connectivity index (χ3n) is 10.9. The first-order chi connectivity index (χ1) is 28.7.